The molecule has 5 rings (SSSR count). The van der Waals surface area contributed by atoms with Gasteiger partial charge < -0.3 is 4.57 Å². The molecule has 26 heavy (non-hydrogen) atoms. The Kier molecular flexibility index (Phi) is 3.42. The van der Waals surface area contributed by atoms with Crippen LogP contribution >= 0.6 is 0 Å². The molecule has 0 bridgehead atoms. The normalized spacial score (nSPS) is 23.8. The Balaban J connectivity index is 1.65. The molecule has 1 aromatic carbocycles. The number of hydrogen-bond acceptors (Lipinski definition) is 4. The molecule has 1 fully saturated rings. The largest absolute Gasteiger partial charge is 0.318 e. The molecular weight excluding hydrogens is 326 g/mol. The van der Waals surface area contributed by atoms with Gasteiger partial charge in [-0.15, -0.1) is 0 Å². The summed E-state index contributed by atoms with van der Waals surface area (Å²) in [6.45, 7) is 2.77. The topological polar surface area (TPSA) is 53.7 Å². The lowest BCUT2D eigenvalue weighted by Gasteiger charge is -2.34. The molecule has 6 heteroatoms. The fraction of sp³-hybridized carbons (Fsp3) is 0.450. The van der Waals surface area contributed by atoms with Crippen LogP contribution in [0.1, 0.15) is 48.1 Å². The summed E-state index contributed by atoms with van der Waals surface area (Å²) in [4.78, 5) is 26.9. The van der Waals surface area contributed by atoms with Crippen molar-refractivity contribution in [1.29, 1.82) is 0 Å². The molecule has 1 saturated carbocycles. The van der Waals surface area contributed by atoms with Gasteiger partial charge in [0.2, 0.25) is 5.96 Å². The van der Waals surface area contributed by atoms with E-state index in [4.69, 9.17) is 9.98 Å². The fourth-order valence-electron chi connectivity index (χ4n) is 4.55. The van der Waals surface area contributed by atoms with Crippen LogP contribution in [0.2, 0.25) is 0 Å². The second-order valence-electron chi connectivity index (χ2n) is 7.35. The van der Waals surface area contributed by atoms with Crippen molar-refractivity contribution >= 4 is 17.7 Å². The van der Waals surface area contributed by atoms with E-state index < -0.39 is 0 Å². The summed E-state index contributed by atoms with van der Waals surface area (Å²) in [5.74, 6) is 2.56. The molecular formula is C20H23N5O. The molecule has 1 aliphatic carbocycles. The van der Waals surface area contributed by atoms with Gasteiger partial charge in [-0.05, 0) is 24.8 Å². The van der Waals surface area contributed by atoms with Crippen molar-refractivity contribution in [3.05, 3.63) is 47.4 Å². The minimum Gasteiger partial charge on any atom is -0.318 e. The highest BCUT2D eigenvalue weighted by atomic mass is 16.2. The molecule has 1 aromatic heterocycles. The van der Waals surface area contributed by atoms with Crippen LogP contribution in [0, 0.1) is 0 Å². The third kappa shape index (κ3) is 2.08. The standard InChI is InChI=1S/C20H23N5O/c1-3-16-22-18-17(24(16)12-13-8-5-4-6-9-13)19(26)23(2)20-21-14-10-7-11-15(14)25(18)20/h4-6,8-9,14-15H,3,7,10-12H2,1-2H3. The van der Waals surface area contributed by atoms with Gasteiger partial charge >= 0.3 is 0 Å². The minimum absolute atomic E-state index is 0.00176. The maximum absolute atomic E-state index is 13.2. The molecule has 0 radical (unpaired) electrons. The lowest BCUT2D eigenvalue weighted by molar-refractivity contribution is 0.0854. The molecule has 1 amide bonds. The summed E-state index contributed by atoms with van der Waals surface area (Å²) in [6, 6.07) is 10.9. The molecule has 6 nitrogen and oxygen atoms in total. The highest BCUT2D eigenvalue weighted by Gasteiger charge is 2.48. The zero-order valence-electron chi connectivity index (χ0n) is 15.2. The lowest BCUT2D eigenvalue weighted by atomic mass is 10.1. The van der Waals surface area contributed by atoms with Crippen molar-refractivity contribution in [3.8, 4) is 0 Å². The lowest BCUT2D eigenvalue weighted by Crippen LogP contribution is -2.51. The average Bonchev–Trinajstić information content (AvgIpc) is 3.33. The zero-order valence-corrected chi connectivity index (χ0v) is 15.2. The maximum atomic E-state index is 13.2. The molecule has 0 saturated heterocycles. The van der Waals surface area contributed by atoms with Crippen molar-refractivity contribution in [3.63, 3.8) is 0 Å². The molecule has 134 valence electrons. The Bertz CT molecular complexity index is 900. The number of guanidine groups is 1. The van der Waals surface area contributed by atoms with Crippen LogP contribution < -0.4 is 4.90 Å². The molecule has 2 aromatic rings. The SMILES string of the molecule is CCc1nc2c(n1Cc1ccccc1)C(=O)N(C)C1=NC3CCCC3N12. The average molecular weight is 349 g/mol. The number of imidazole rings is 1. The molecule has 3 heterocycles. The van der Waals surface area contributed by atoms with Gasteiger partial charge in [0, 0.05) is 20.0 Å². The predicted molar refractivity (Wildman–Crippen MR) is 101 cm³/mol. The van der Waals surface area contributed by atoms with Gasteiger partial charge in [-0.25, -0.2) is 9.98 Å². The Morgan fingerprint density at radius 1 is 1.19 bits per heavy atom. The van der Waals surface area contributed by atoms with Gasteiger partial charge in [-0.3, -0.25) is 14.6 Å². The van der Waals surface area contributed by atoms with Gasteiger partial charge in [-0.1, -0.05) is 37.3 Å². The molecule has 2 aliphatic heterocycles. The summed E-state index contributed by atoms with van der Waals surface area (Å²) in [5, 5.41) is 0. The quantitative estimate of drug-likeness (QED) is 0.856. The van der Waals surface area contributed by atoms with Gasteiger partial charge in [0.1, 0.15) is 5.82 Å². The third-order valence-corrected chi connectivity index (χ3v) is 5.84. The van der Waals surface area contributed by atoms with Crippen LogP contribution in [0.5, 0.6) is 0 Å². The maximum Gasteiger partial charge on any atom is 0.280 e. The van der Waals surface area contributed by atoms with E-state index in [-0.39, 0.29) is 5.91 Å². The first-order valence-corrected chi connectivity index (χ1v) is 9.47. The van der Waals surface area contributed by atoms with Gasteiger partial charge in [-0.2, -0.15) is 0 Å². The van der Waals surface area contributed by atoms with Crippen molar-refractivity contribution in [2.45, 2.75) is 51.2 Å². The Morgan fingerprint density at radius 2 is 2.00 bits per heavy atom. The van der Waals surface area contributed by atoms with E-state index >= 15 is 0 Å². The van der Waals surface area contributed by atoms with Gasteiger partial charge in [0.25, 0.3) is 5.91 Å². The summed E-state index contributed by atoms with van der Waals surface area (Å²) >= 11 is 0. The Morgan fingerprint density at radius 3 is 2.77 bits per heavy atom. The van der Waals surface area contributed by atoms with E-state index in [2.05, 4.69) is 28.5 Å². The van der Waals surface area contributed by atoms with E-state index in [9.17, 15) is 4.79 Å². The smallest absolute Gasteiger partial charge is 0.280 e. The van der Waals surface area contributed by atoms with E-state index in [1.165, 1.54) is 12.0 Å². The van der Waals surface area contributed by atoms with Crippen molar-refractivity contribution in [2.24, 2.45) is 4.99 Å². The van der Waals surface area contributed by atoms with Crippen LogP contribution in [-0.2, 0) is 13.0 Å². The second-order valence-corrected chi connectivity index (χ2v) is 7.35. The number of carbonyl (C=O) groups excluding carboxylic acids is 1. The van der Waals surface area contributed by atoms with Crippen molar-refractivity contribution in [2.75, 3.05) is 11.9 Å². The van der Waals surface area contributed by atoms with Crippen LogP contribution in [0.25, 0.3) is 0 Å². The van der Waals surface area contributed by atoms with E-state index in [1.54, 1.807) is 4.90 Å². The summed E-state index contributed by atoms with van der Waals surface area (Å²) in [5.41, 5.74) is 1.89. The minimum atomic E-state index is -0.00176. The molecule has 0 spiro atoms. The monoisotopic (exact) mass is 349 g/mol. The summed E-state index contributed by atoms with van der Waals surface area (Å²) in [6.07, 6.45) is 4.21. The Hall–Kier alpha value is -2.63. The molecule has 2 unspecified atom stereocenters. The molecule has 3 aliphatic rings. The first-order chi connectivity index (χ1) is 12.7. The third-order valence-electron chi connectivity index (χ3n) is 5.84. The Labute approximate surface area is 153 Å². The number of anilines is 1. The number of aromatic nitrogens is 2. The summed E-state index contributed by atoms with van der Waals surface area (Å²) in [7, 11) is 1.84. The van der Waals surface area contributed by atoms with Crippen LogP contribution in [0.4, 0.5) is 5.82 Å². The number of amides is 1. The highest BCUT2D eigenvalue weighted by molar-refractivity contribution is 6.18. The van der Waals surface area contributed by atoms with E-state index in [0.29, 0.717) is 24.3 Å². The number of benzene rings is 1. The van der Waals surface area contributed by atoms with Crippen LogP contribution in [-0.4, -0.2) is 45.4 Å². The molecule has 2 atom stereocenters. The van der Waals surface area contributed by atoms with Gasteiger partial charge in [0.05, 0.1) is 12.1 Å². The first kappa shape index (κ1) is 15.6. The number of nitrogens with zero attached hydrogens (tertiary/aromatic N) is 5. The van der Waals surface area contributed by atoms with Crippen LogP contribution in [0.15, 0.2) is 35.3 Å². The number of fused-ring (bicyclic) bond motifs is 5. The van der Waals surface area contributed by atoms with E-state index in [0.717, 1.165) is 36.9 Å². The van der Waals surface area contributed by atoms with Crippen LogP contribution in [0.3, 0.4) is 0 Å². The fourth-order valence-corrected chi connectivity index (χ4v) is 4.55. The number of aryl methyl sites for hydroxylation is 1. The number of carbonyl (C=O) groups is 1. The first-order valence-electron chi connectivity index (χ1n) is 9.47. The second kappa shape index (κ2) is 5.69. The number of aliphatic imine (C=N–C) groups is 1. The zero-order chi connectivity index (χ0) is 17.8. The predicted octanol–water partition coefficient (Wildman–Crippen LogP) is 2.68. The van der Waals surface area contributed by atoms with Gasteiger partial charge in [0.15, 0.2) is 11.5 Å². The highest BCUT2D eigenvalue weighted by Crippen LogP contribution is 2.40. The van der Waals surface area contributed by atoms with E-state index in [1.807, 2.05) is 25.2 Å². The van der Waals surface area contributed by atoms with Crippen molar-refractivity contribution in [1.82, 2.24) is 14.5 Å². The summed E-state index contributed by atoms with van der Waals surface area (Å²) < 4.78 is 2.10. The number of hydrogen-bond donors (Lipinski definition) is 0. The molecule has 0 N–H and O–H groups in total. The number of rotatable bonds is 3. The van der Waals surface area contributed by atoms with Crippen molar-refractivity contribution < 1.29 is 4.79 Å².